The largest absolute Gasteiger partial charge is 0.293 e. The molecular formula is C17H13BrN2O2. The predicted molar refractivity (Wildman–Crippen MR) is 89.0 cm³/mol. The lowest BCUT2D eigenvalue weighted by molar-refractivity contribution is -0.118. The van der Waals surface area contributed by atoms with Crippen molar-refractivity contribution < 1.29 is 9.59 Å². The van der Waals surface area contributed by atoms with E-state index in [1.807, 2.05) is 24.3 Å². The van der Waals surface area contributed by atoms with Crippen LogP contribution in [0, 0.1) is 5.92 Å². The maximum Gasteiger partial charge on any atom is 0.264 e. The number of carbonyl (C=O) groups excluding carboxylic acids is 2. The fourth-order valence-corrected chi connectivity index (χ4v) is 2.92. The van der Waals surface area contributed by atoms with Crippen molar-refractivity contribution >= 4 is 39.0 Å². The van der Waals surface area contributed by atoms with Gasteiger partial charge in [-0.25, -0.2) is 0 Å². The van der Waals surface area contributed by atoms with Gasteiger partial charge in [0.25, 0.3) is 5.91 Å². The molecule has 1 heterocycles. The minimum Gasteiger partial charge on any atom is -0.293 e. The summed E-state index contributed by atoms with van der Waals surface area (Å²) in [6.45, 7) is 1.71. The molecule has 110 valence electrons. The lowest BCUT2D eigenvalue weighted by atomic mass is 9.93. The van der Waals surface area contributed by atoms with E-state index in [9.17, 15) is 9.59 Å². The summed E-state index contributed by atoms with van der Waals surface area (Å²) < 4.78 is 0.679. The van der Waals surface area contributed by atoms with Crippen molar-refractivity contribution in [2.45, 2.75) is 6.92 Å². The fourth-order valence-electron chi connectivity index (χ4n) is 2.44. The Labute approximate surface area is 136 Å². The van der Waals surface area contributed by atoms with E-state index in [1.54, 1.807) is 37.3 Å². The summed E-state index contributed by atoms with van der Waals surface area (Å²) in [5.41, 5.74) is 1.66. The van der Waals surface area contributed by atoms with Crippen LogP contribution in [0.5, 0.6) is 0 Å². The molecule has 0 spiro atoms. The summed E-state index contributed by atoms with van der Waals surface area (Å²) in [5.74, 6) is -1.42. The fraction of sp³-hybridized carbons (Fsp3) is 0.118. The first kappa shape index (κ1) is 14.7. The highest BCUT2D eigenvalue weighted by Crippen LogP contribution is 2.28. The maximum atomic E-state index is 12.7. The number of hydrogen-bond donors (Lipinski definition) is 0. The van der Waals surface area contributed by atoms with E-state index in [4.69, 9.17) is 0 Å². The van der Waals surface area contributed by atoms with Gasteiger partial charge >= 0.3 is 0 Å². The number of benzene rings is 2. The minimum absolute atomic E-state index is 0.239. The summed E-state index contributed by atoms with van der Waals surface area (Å²) in [6.07, 6.45) is 0. The van der Waals surface area contributed by atoms with E-state index in [1.165, 1.54) is 5.01 Å². The Morgan fingerprint density at radius 2 is 1.73 bits per heavy atom. The highest BCUT2D eigenvalue weighted by atomic mass is 79.9. The highest BCUT2D eigenvalue weighted by Gasteiger charge is 2.40. The summed E-state index contributed by atoms with van der Waals surface area (Å²) in [7, 11) is 0. The number of anilines is 1. The average Bonchev–Trinajstić information content (AvgIpc) is 2.83. The molecule has 0 bridgehead atoms. The van der Waals surface area contributed by atoms with Crippen molar-refractivity contribution in [1.29, 1.82) is 0 Å². The van der Waals surface area contributed by atoms with Crippen molar-refractivity contribution in [3.63, 3.8) is 0 Å². The number of rotatable bonds is 3. The smallest absolute Gasteiger partial charge is 0.264 e. The average molecular weight is 357 g/mol. The van der Waals surface area contributed by atoms with Crippen LogP contribution in [0.2, 0.25) is 0 Å². The molecule has 0 aliphatic carbocycles. The molecule has 1 atom stereocenters. The zero-order valence-electron chi connectivity index (χ0n) is 11.9. The predicted octanol–water partition coefficient (Wildman–Crippen LogP) is 3.67. The molecule has 3 rings (SSSR count). The zero-order valence-corrected chi connectivity index (χ0v) is 13.4. The monoisotopic (exact) mass is 356 g/mol. The zero-order chi connectivity index (χ0) is 15.7. The van der Waals surface area contributed by atoms with Gasteiger partial charge in [-0.1, -0.05) is 52.3 Å². The van der Waals surface area contributed by atoms with Crippen LogP contribution < -0.4 is 5.01 Å². The van der Waals surface area contributed by atoms with Gasteiger partial charge in [-0.3, -0.25) is 9.59 Å². The Morgan fingerprint density at radius 3 is 2.41 bits per heavy atom. The van der Waals surface area contributed by atoms with Crippen molar-refractivity contribution in [1.82, 2.24) is 0 Å². The molecule has 1 aliphatic rings. The molecule has 0 saturated carbocycles. The van der Waals surface area contributed by atoms with Gasteiger partial charge in [0.1, 0.15) is 5.92 Å². The Bertz CT molecular complexity index is 771. The lowest BCUT2D eigenvalue weighted by Crippen LogP contribution is -2.32. The van der Waals surface area contributed by atoms with Gasteiger partial charge in [-0.2, -0.15) is 10.1 Å². The van der Waals surface area contributed by atoms with Crippen LogP contribution in [0.3, 0.4) is 0 Å². The van der Waals surface area contributed by atoms with Crippen molar-refractivity contribution in [2.24, 2.45) is 11.0 Å². The normalized spacial score (nSPS) is 17.5. The molecule has 4 nitrogen and oxygen atoms in total. The third-order valence-corrected chi connectivity index (χ3v) is 4.22. The van der Waals surface area contributed by atoms with E-state index in [0.29, 0.717) is 21.4 Å². The van der Waals surface area contributed by atoms with Gasteiger partial charge in [-0.15, -0.1) is 0 Å². The van der Waals surface area contributed by atoms with Gasteiger partial charge in [0.05, 0.1) is 11.4 Å². The van der Waals surface area contributed by atoms with E-state index in [-0.39, 0.29) is 11.7 Å². The third kappa shape index (κ3) is 2.48. The summed E-state index contributed by atoms with van der Waals surface area (Å²) >= 11 is 3.36. The number of hydrogen-bond acceptors (Lipinski definition) is 3. The quantitative estimate of drug-likeness (QED) is 0.622. The molecule has 0 radical (unpaired) electrons. The van der Waals surface area contributed by atoms with Crippen molar-refractivity contribution in [3.8, 4) is 0 Å². The molecule has 1 aliphatic heterocycles. The van der Waals surface area contributed by atoms with E-state index < -0.39 is 5.92 Å². The van der Waals surface area contributed by atoms with Gasteiger partial charge in [0.2, 0.25) is 0 Å². The van der Waals surface area contributed by atoms with E-state index in [2.05, 4.69) is 21.0 Å². The molecule has 2 aromatic rings. The maximum absolute atomic E-state index is 12.7. The minimum atomic E-state index is -0.862. The number of amides is 1. The Hall–Kier alpha value is -2.27. The number of Topliss-reactive ketones (excluding diaryl/α,β-unsaturated/α-hetero) is 1. The van der Waals surface area contributed by atoms with Crippen molar-refractivity contribution in [3.05, 3.63) is 64.6 Å². The number of carbonyl (C=O) groups is 2. The first-order chi connectivity index (χ1) is 10.6. The van der Waals surface area contributed by atoms with Gasteiger partial charge in [-0.05, 0) is 25.1 Å². The third-order valence-electron chi connectivity index (χ3n) is 3.53. The molecule has 1 amide bonds. The van der Waals surface area contributed by atoms with Crippen LogP contribution in [0.15, 0.2) is 64.2 Å². The van der Waals surface area contributed by atoms with Gasteiger partial charge in [0.15, 0.2) is 5.78 Å². The SMILES string of the molecule is CC1=NN(c2ccccc2)C(=O)[C@H]1C(=O)c1ccccc1Br. The van der Waals surface area contributed by atoms with Gasteiger partial charge < -0.3 is 0 Å². The molecule has 0 saturated heterocycles. The molecule has 2 aromatic carbocycles. The van der Waals surface area contributed by atoms with Crippen LogP contribution in [0.4, 0.5) is 5.69 Å². The second kappa shape index (κ2) is 5.85. The van der Waals surface area contributed by atoms with E-state index >= 15 is 0 Å². The molecule has 0 aromatic heterocycles. The summed E-state index contributed by atoms with van der Waals surface area (Å²) in [4.78, 5) is 25.3. The molecular weight excluding hydrogens is 344 g/mol. The molecule has 5 heteroatoms. The molecule has 0 N–H and O–H groups in total. The molecule has 0 unspecified atom stereocenters. The molecule has 22 heavy (non-hydrogen) atoms. The molecule has 0 fully saturated rings. The van der Waals surface area contributed by atoms with Crippen LogP contribution in [0.25, 0.3) is 0 Å². The summed E-state index contributed by atoms with van der Waals surface area (Å²) in [6, 6.07) is 16.2. The second-order valence-corrected chi connectivity index (χ2v) is 5.86. The summed E-state index contributed by atoms with van der Waals surface area (Å²) in [5, 5.41) is 5.56. The second-order valence-electron chi connectivity index (χ2n) is 5.00. The lowest BCUT2D eigenvalue weighted by Gasteiger charge is -2.14. The van der Waals surface area contributed by atoms with Crippen LogP contribution in [-0.4, -0.2) is 17.4 Å². The number of ketones is 1. The van der Waals surface area contributed by atoms with Crippen LogP contribution in [-0.2, 0) is 4.79 Å². The Morgan fingerprint density at radius 1 is 1.09 bits per heavy atom. The first-order valence-corrected chi connectivity index (χ1v) is 7.62. The van der Waals surface area contributed by atoms with Crippen LogP contribution >= 0.6 is 15.9 Å². The number of hydrazone groups is 1. The standard InChI is InChI=1S/C17H13BrN2O2/c1-11-15(16(21)13-9-5-6-10-14(13)18)17(22)20(19-11)12-7-3-2-4-8-12/h2-10,15H,1H3/t15-/m1/s1. The number of nitrogens with zero attached hydrogens (tertiary/aromatic N) is 2. The Kier molecular flexibility index (Phi) is 3.90. The number of para-hydroxylation sites is 1. The first-order valence-electron chi connectivity index (χ1n) is 6.82. The Balaban J connectivity index is 1.94. The topological polar surface area (TPSA) is 49.7 Å². The van der Waals surface area contributed by atoms with Crippen molar-refractivity contribution in [2.75, 3.05) is 5.01 Å². The van der Waals surface area contributed by atoms with E-state index in [0.717, 1.165) is 0 Å². The highest BCUT2D eigenvalue weighted by molar-refractivity contribution is 9.10. The number of halogens is 1. The van der Waals surface area contributed by atoms with Gasteiger partial charge in [0, 0.05) is 10.0 Å². The van der Waals surface area contributed by atoms with Crippen LogP contribution in [0.1, 0.15) is 17.3 Å².